The maximum atomic E-state index is 14.1. The van der Waals surface area contributed by atoms with Crippen LogP contribution in [-0.4, -0.2) is 64.5 Å². The summed E-state index contributed by atoms with van der Waals surface area (Å²) in [5.74, 6) is 0.0652. The molecule has 4 rings (SSSR count). The predicted octanol–water partition coefficient (Wildman–Crippen LogP) is 4.81. The van der Waals surface area contributed by atoms with Gasteiger partial charge < -0.3 is 19.7 Å². The van der Waals surface area contributed by atoms with Gasteiger partial charge in [0, 0.05) is 12.6 Å². The summed E-state index contributed by atoms with van der Waals surface area (Å²) in [7, 11) is -1.28. The Labute approximate surface area is 254 Å². The van der Waals surface area contributed by atoms with Gasteiger partial charge in [-0.2, -0.15) is 0 Å². The Morgan fingerprint density at radius 1 is 0.884 bits per heavy atom. The van der Waals surface area contributed by atoms with Crippen LogP contribution in [0.5, 0.6) is 11.5 Å². The summed E-state index contributed by atoms with van der Waals surface area (Å²) in [6.07, 6.45) is 5.62. The molecule has 43 heavy (non-hydrogen) atoms. The van der Waals surface area contributed by atoms with Crippen LogP contribution in [0.25, 0.3) is 0 Å². The van der Waals surface area contributed by atoms with Crippen LogP contribution in [0.2, 0.25) is 0 Å². The van der Waals surface area contributed by atoms with Crippen molar-refractivity contribution in [2.75, 3.05) is 31.6 Å². The van der Waals surface area contributed by atoms with E-state index in [0.717, 1.165) is 42.0 Å². The lowest BCUT2D eigenvalue weighted by atomic mass is 9.95. The first kappa shape index (κ1) is 31.9. The number of carbonyl (C=O) groups is 2. The Bertz CT molecular complexity index is 1460. The number of amides is 2. The maximum absolute atomic E-state index is 14.1. The van der Waals surface area contributed by atoms with E-state index in [1.54, 1.807) is 43.3 Å². The summed E-state index contributed by atoms with van der Waals surface area (Å²) in [5.41, 5.74) is 1.23. The van der Waals surface area contributed by atoms with E-state index in [-0.39, 0.29) is 29.1 Å². The Morgan fingerprint density at radius 3 is 2.19 bits per heavy atom. The molecule has 230 valence electrons. The second kappa shape index (κ2) is 14.9. The molecule has 1 fully saturated rings. The minimum atomic E-state index is -4.23. The van der Waals surface area contributed by atoms with Crippen molar-refractivity contribution >= 4 is 27.5 Å². The van der Waals surface area contributed by atoms with Crippen LogP contribution < -0.4 is 19.1 Å². The Kier molecular flexibility index (Phi) is 11.1. The number of benzene rings is 3. The molecule has 0 aliphatic heterocycles. The molecular formula is C33H41N3O6S. The standard InChI is InChI=1S/C33H41N3O6S/c1-25(33(38)34-27-14-8-5-9-15-27)35(23-22-26-12-6-4-7-13-26)32(37)24-36(30-16-10-11-17-31(30)42-3)43(39,40)29-20-18-28(41-2)19-21-29/h4,6-7,10-13,16-21,25,27H,5,8-9,14-15,22-24H2,1-3H3,(H,34,38)/t25-/m1/s1. The third-order valence-electron chi connectivity index (χ3n) is 7.88. The molecule has 1 aliphatic carbocycles. The number of rotatable bonds is 13. The molecule has 3 aromatic rings. The molecule has 9 nitrogen and oxygen atoms in total. The van der Waals surface area contributed by atoms with E-state index in [2.05, 4.69) is 5.32 Å². The van der Waals surface area contributed by atoms with Crippen LogP contribution in [0.4, 0.5) is 5.69 Å². The third-order valence-corrected chi connectivity index (χ3v) is 9.66. The van der Waals surface area contributed by atoms with Gasteiger partial charge in [-0.15, -0.1) is 0 Å². The predicted molar refractivity (Wildman–Crippen MR) is 167 cm³/mol. The molecular weight excluding hydrogens is 566 g/mol. The summed E-state index contributed by atoms with van der Waals surface area (Å²) in [4.78, 5) is 29.1. The molecule has 0 unspecified atom stereocenters. The second-order valence-corrected chi connectivity index (χ2v) is 12.6. The summed E-state index contributed by atoms with van der Waals surface area (Å²) in [6.45, 7) is 1.42. The van der Waals surface area contributed by atoms with Gasteiger partial charge in [0.1, 0.15) is 24.1 Å². The fourth-order valence-electron chi connectivity index (χ4n) is 5.36. The molecule has 1 aliphatic rings. The topological polar surface area (TPSA) is 105 Å². The van der Waals surface area contributed by atoms with Crippen LogP contribution in [0.3, 0.4) is 0 Å². The molecule has 0 radical (unpaired) electrons. The first-order valence-electron chi connectivity index (χ1n) is 14.7. The van der Waals surface area contributed by atoms with Crippen LogP contribution in [0.15, 0.2) is 83.8 Å². The van der Waals surface area contributed by atoms with E-state index in [1.807, 2.05) is 30.3 Å². The minimum Gasteiger partial charge on any atom is -0.497 e. The van der Waals surface area contributed by atoms with Gasteiger partial charge in [0.15, 0.2) is 0 Å². The van der Waals surface area contributed by atoms with Gasteiger partial charge >= 0.3 is 0 Å². The van der Waals surface area contributed by atoms with E-state index in [1.165, 1.54) is 31.3 Å². The van der Waals surface area contributed by atoms with E-state index in [4.69, 9.17) is 9.47 Å². The van der Waals surface area contributed by atoms with Crippen molar-refractivity contribution in [1.29, 1.82) is 0 Å². The number of nitrogens with one attached hydrogen (secondary N) is 1. The van der Waals surface area contributed by atoms with Gasteiger partial charge in [-0.05, 0) is 68.1 Å². The second-order valence-electron chi connectivity index (χ2n) is 10.7. The third kappa shape index (κ3) is 8.07. The van der Waals surface area contributed by atoms with Crippen LogP contribution in [0.1, 0.15) is 44.6 Å². The van der Waals surface area contributed by atoms with Crippen molar-refractivity contribution in [2.24, 2.45) is 0 Å². The number of hydrogen-bond acceptors (Lipinski definition) is 6. The minimum absolute atomic E-state index is 0.00840. The first-order chi connectivity index (χ1) is 20.7. The number of methoxy groups -OCH3 is 2. The lowest BCUT2D eigenvalue weighted by Gasteiger charge is -2.33. The van der Waals surface area contributed by atoms with Gasteiger partial charge in [0.25, 0.3) is 10.0 Å². The molecule has 3 aromatic carbocycles. The Hall–Kier alpha value is -4.05. The zero-order chi connectivity index (χ0) is 30.8. The SMILES string of the molecule is COc1ccc(S(=O)(=O)N(CC(=O)N(CCc2ccccc2)[C@H](C)C(=O)NC2CCCCC2)c2ccccc2OC)cc1. The summed E-state index contributed by atoms with van der Waals surface area (Å²) < 4.78 is 39.9. The molecule has 0 saturated heterocycles. The zero-order valence-corrected chi connectivity index (χ0v) is 25.9. The highest BCUT2D eigenvalue weighted by atomic mass is 32.2. The van der Waals surface area contributed by atoms with Crippen molar-refractivity contribution in [2.45, 2.75) is 62.4 Å². The smallest absolute Gasteiger partial charge is 0.264 e. The normalized spacial score (nSPS) is 14.4. The average molecular weight is 608 g/mol. The Balaban J connectivity index is 1.67. The van der Waals surface area contributed by atoms with Crippen LogP contribution >= 0.6 is 0 Å². The molecule has 0 spiro atoms. The van der Waals surface area contributed by atoms with Gasteiger partial charge in [0.05, 0.1) is 24.8 Å². The molecule has 1 saturated carbocycles. The Morgan fingerprint density at radius 2 is 1.53 bits per heavy atom. The van der Waals surface area contributed by atoms with Gasteiger partial charge in [-0.3, -0.25) is 13.9 Å². The number of para-hydroxylation sites is 2. The first-order valence-corrected chi connectivity index (χ1v) is 16.1. The molecule has 0 aromatic heterocycles. The van der Waals surface area contributed by atoms with Crippen molar-refractivity contribution in [1.82, 2.24) is 10.2 Å². The van der Waals surface area contributed by atoms with Gasteiger partial charge in [0.2, 0.25) is 11.8 Å². The van der Waals surface area contributed by atoms with Gasteiger partial charge in [-0.1, -0.05) is 61.7 Å². The monoisotopic (exact) mass is 607 g/mol. The number of nitrogens with zero attached hydrogens (tertiary/aromatic N) is 2. The summed E-state index contributed by atoms with van der Waals surface area (Å²) >= 11 is 0. The molecule has 1 atom stereocenters. The average Bonchev–Trinajstić information content (AvgIpc) is 3.04. The van der Waals surface area contributed by atoms with E-state index < -0.39 is 28.5 Å². The number of ether oxygens (including phenoxy) is 2. The molecule has 2 amide bonds. The number of anilines is 1. The number of hydrogen-bond donors (Lipinski definition) is 1. The largest absolute Gasteiger partial charge is 0.497 e. The molecule has 1 N–H and O–H groups in total. The number of carbonyl (C=O) groups excluding carboxylic acids is 2. The maximum Gasteiger partial charge on any atom is 0.264 e. The quantitative estimate of drug-likeness (QED) is 0.299. The van der Waals surface area contributed by atoms with Crippen molar-refractivity contribution in [3.63, 3.8) is 0 Å². The van der Waals surface area contributed by atoms with Crippen LogP contribution in [0, 0.1) is 0 Å². The number of sulfonamides is 1. The molecule has 10 heteroatoms. The highest BCUT2D eigenvalue weighted by Crippen LogP contribution is 2.33. The lowest BCUT2D eigenvalue weighted by molar-refractivity contribution is -0.139. The fraction of sp³-hybridized carbons (Fsp3) is 0.394. The van der Waals surface area contributed by atoms with Crippen LogP contribution in [-0.2, 0) is 26.0 Å². The van der Waals surface area contributed by atoms with Gasteiger partial charge in [-0.25, -0.2) is 8.42 Å². The van der Waals surface area contributed by atoms with Crippen molar-refractivity contribution < 1.29 is 27.5 Å². The summed E-state index contributed by atoms with van der Waals surface area (Å²) in [6, 6.07) is 21.6. The molecule has 0 bridgehead atoms. The van der Waals surface area contributed by atoms with E-state index in [9.17, 15) is 18.0 Å². The van der Waals surface area contributed by atoms with E-state index in [0.29, 0.717) is 17.9 Å². The summed E-state index contributed by atoms with van der Waals surface area (Å²) in [5, 5.41) is 3.13. The van der Waals surface area contributed by atoms with Crippen molar-refractivity contribution in [3.8, 4) is 11.5 Å². The molecule has 0 heterocycles. The lowest BCUT2D eigenvalue weighted by Crippen LogP contribution is -2.53. The van der Waals surface area contributed by atoms with Crippen molar-refractivity contribution in [3.05, 3.63) is 84.4 Å². The fourth-order valence-corrected chi connectivity index (χ4v) is 6.79. The highest BCUT2D eigenvalue weighted by Gasteiger charge is 2.34. The zero-order valence-electron chi connectivity index (χ0n) is 25.1. The van der Waals surface area contributed by atoms with E-state index >= 15 is 0 Å². The highest BCUT2D eigenvalue weighted by molar-refractivity contribution is 7.92.